The van der Waals surface area contributed by atoms with E-state index in [1.54, 1.807) is 25.2 Å². The lowest BCUT2D eigenvalue weighted by Gasteiger charge is -2.09. The molecule has 6 nitrogen and oxygen atoms in total. The van der Waals surface area contributed by atoms with Crippen LogP contribution in [0.3, 0.4) is 0 Å². The Balaban J connectivity index is 2.25. The maximum Gasteiger partial charge on any atom is 0.229 e. The number of rotatable bonds is 4. The quantitative estimate of drug-likeness (QED) is 0.782. The number of phenolic OH excluding ortho intramolecular Hbond substituents is 1. The molecule has 0 radical (unpaired) electrons. The second-order valence-electron chi connectivity index (χ2n) is 3.98. The van der Waals surface area contributed by atoms with Crippen molar-refractivity contribution in [2.24, 2.45) is 0 Å². The molecule has 0 unspecified atom stereocenters. The van der Waals surface area contributed by atoms with Crippen LogP contribution in [0.25, 0.3) is 0 Å². The highest BCUT2D eigenvalue weighted by molar-refractivity contribution is 5.60. The zero-order valence-corrected chi connectivity index (χ0v) is 11.1. The van der Waals surface area contributed by atoms with Gasteiger partial charge in [0.05, 0.1) is 7.11 Å². The van der Waals surface area contributed by atoms with Gasteiger partial charge in [-0.2, -0.15) is 4.98 Å². The van der Waals surface area contributed by atoms with Gasteiger partial charge in [-0.1, -0.05) is 0 Å². The summed E-state index contributed by atoms with van der Waals surface area (Å²) in [5.74, 6) is 1.68. The first-order chi connectivity index (χ1) is 9.12. The van der Waals surface area contributed by atoms with Crippen LogP contribution in [0.1, 0.15) is 5.69 Å². The minimum Gasteiger partial charge on any atom is -0.504 e. The van der Waals surface area contributed by atoms with E-state index in [9.17, 15) is 5.11 Å². The van der Waals surface area contributed by atoms with Crippen LogP contribution in [0.4, 0.5) is 17.5 Å². The number of phenols is 1. The minimum absolute atomic E-state index is 0.0639. The molecule has 0 amide bonds. The van der Waals surface area contributed by atoms with Crippen LogP contribution in [-0.4, -0.2) is 29.2 Å². The van der Waals surface area contributed by atoms with E-state index in [4.69, 9.17) is 4.74 Å². The summed E-state index contributed by atoms with van der Waals surface area (Å²) in [7, 11) is 3.30. The third-order valence-corrected chi connectivity index (χ3v) is 2.55. The summed E-state index contributed by atoms with van der Waals surface area (Å²) in [6, 6.07) is 6.86. The highest BCUT2D eigenvalue weighted by Gasteiger charge is 2.05. The number of nitrogens with zero attached hydrogens (tertiary/aromatic N) is 2. The first-order valence-electron chi connectivity index (χ1n) is 5.80. The van der Waals surface area contributed by atoms with Crippen molar-refractivity contribution >= 4 is 17.5 Å². The van der Waals surface area contributed by atoms with Crippen molar-refractivity contribution in [2.45, 2.75) is 6.92 Å². The van der Waals surface area contributed by atoms with E-state index in [1.165, 1.54) is 7.11 Å². The Hall–Kier alpha value is -2.50. The SMILES string of the molecule is CNc1cc(C)nc(Nc2ccc(OC)c(O)c2)n1. The number of aromatic hydroxyl groups is 1. The molecule has 0 saturated carbocycles. The van der Waals surface area contributed by atoms with E-state index >= 15 is 0 Å². The number of nitrogens with one attached hydrogen (secondary N) is 2. The Kier molecular flexibility index (Phi) is 3.70. The van der Waals surface area contributed by atoms with Gasteiger partial charge in [0.25, 0.3) is 0 Å². The Morgan fingerprint density at radius 2 is 2.00 bits per heavy atom. The summed E-state index contributed by atoms with van der Waals surface area (Å²) in [5, 5.41) is 15.7. The Morgan fingerprint density at radius 1 is 1.21 bits per heavy atom. The lowest BCUT2D eigenvalue weighted by molar-refractivity contribution is 0.373. The molecule has 1 aromatic heterocycles. The molecule has 0 aliphatic heterocycles. The molecular formula is C13H16N4O2. The summed E-state index contributed by atoms with van der Waals surface area (Å²) in [5.41, 5.74) is 1.53. The van der Waals surface area contributed by atoms with Gasteiger partial charge < -0.3 is 20.5 Å². The molecule has 1 aromatic carbocycles. The summed E-state index contributed by atoms with van der Waals surface area (Å²) < 4.78 is 4.99. The Labute approximate surface area is 111 Å². The lowest BCUT2D eigenvalue weighted by atomic mass is 10.3. The Bertz CT molecular complexity index is 587. The lowest BCUT2D eigenvalue weighted by Crippen LogP contribution is -2.02. The van der Waals surface area contributed by atoms with E-state index in [2.05, 4.69) is 20.6 Å². The van der Waals surface area contributed by atoms with Crippen LogP contribution in [0, 0.1) is 6.92 Å². The van der Waals surface area contributed by atoms with E-state index < -0.39 is 0 Å². The van der Waals surface area contributed by atoms with Gasteiger partial charge >= 0.3 is 0 Å². The van der Waals surface area contributed by atoms with Crippen molar-refractivity contribution in [2.75, 3.05) is 24.8 Å². The molecule has 19 heavy (non-hydrogen) atoms. The molecule has 0 spiro atoms. The molecule has 0 saturated heterocycles. The van der Waals surface area contributed by atoms with Gasteiger partial charge in [0.2, 0.25) is 5.95 Å². The third kappa shape index (κ3) is 3.04. The van der Waals surface area contributed by atoms with Gasteiger partial charge in [-0.25, -0.2) is 4.98 Å². The van der Waals surface area contributed by atoms with Crippen LogP contribution in [0.5, 0.6) is 11.5 Å². The minimum atomic E-state index is 0.0639. The average molecular weight is 260 g/mol. The van der Waals surface area contributed by atoms with Crippen LogP contribution in [-0.2, 0) is 0 Å². The molecule has 2 aromatic rings. The molecule has 0 aliphatic carbocycles. The van der Waals surface area contributed by atoms with Crippen molar-refractivity contribution in [3.8, 4) is 11.5 Å². The zero-order chi connectivity index (χ0) is 13.8. The molecule has 0 atom stereocenters. The summed E-state index contributed by atoms with van der Waals surface area (Å²) in [6.45, 7) is 1.89. The van der Waals surface area contributed by atoms with Gasteiger partial charge in [0, 0.05) is 30.6 Å². The maximum atomic E-state index is 9.71. The maximum absolute atomic E-state index is 9.71. The van der Waals surface area contributed by atoms with Crippen LogP contribution in [0.2, 0.25) is 0 Å². The highest BCUT2D eigenvalue weighted by atomic mass is 16.5. The smallest absolute Gasteiger partial charge is 0.229 e. The predicted molar refractivity (Wildman–Crippen MR) is 74.3 cm³/mol. The fourth-order valence-corrected chi connectivity index (χ4v) is 1.65. The fraction of sp³-hybridized carbons (Fsp3) is 0.231. The second kappa shape index (κ2) is 5.43. The number of aromatic nitrogens is 2. The number of aryl methyl sites for hydroxylation is 1. The zero-order valence-electron chi connectivity index (χ0n) is 11.1. The normalized spacial score (nSPS) is 10.1. The van der Waals surface area contributed by atoms with Crippen LogP contribution >= 0.6 is 0 Å². The van der Waals surface area contributed by atoms with E-state index in [0.29, 0.717) is 17.4 Å². The van der Waals surface area contributed by atoms with Crippen LogP contribution in [0.15, 0.2) is 24.3 Å². The van der Waals surface area contributed by atoms with Crippen molar-refractivity contribution < 1.29 is 9.84 Å². The number of hydrogen-bond donors (Lipinski definition) is 3. The largest absolute Gasteiger partial charge is 0.504 e. The second-order valence-corrected chi connectivity index (χ2v) is 3.98. The first kappa shape index (κ1) is 12.9. The average Bonchev–Trinajstić information content (AvgIpc) is 2.38. The van der Waals surface area contributed by atoms with Crippen molar-refractivity contribution in [1.82, 2.24) is 9.97 Å². The van der Waals surface area contributed by atoms with Gasteiger partial charge in [-0.3, -0.25) is 0 Å². The van der Waals surface area contributed by atoms with Gasteiger partial charge in [0.15, 0.2) is 11.5 Å². The number of benzene rings is 1. The topological polar surface area (TPSA) is 79.3 Å². The summed E-state index contributed by atoms with van der Waals surface area (Å²) in [6.07, 6.45) is 0. The monoisotopic (exact) mass is 260 g/mol. The van der Waals surface area contributed by atoms with Crippen LogP contribution < -0.4 is 15.4 Å². The third-order valence-electron chi connectivity index (χ3n) is 2.55. The molecule has 6 heteroatoms. The van der Waals surface area contributed by atoms with Gasteiger partial charge in [0.1, 0.15) is 5.82 Å². The summed E-state index contributed by atoms with van der Waals surface area (Å²) in [4.78, 5) is 8.55. The van der Waals surface area contributed by atoms with Gasteiger partial charge in [-0.05, 0) is 19.1 Å². The number of hydrogen-bond acceptors (Lipinski definition) is 6. The Morgan fingerprint density at radius 3 is 2.63 bits per heavy atom. The fourth-order valence-electron chi connectivity index (χ4n) is 1.65. The number of ether oxygens (including phenoxy) is 1. The van der Waals surface area contributed by atoms with Gasteiger partial charge in [-0.15, -0.1) is 0 Å². The number of methoxy groups -OCH3 is 1. The molecular weight excluding hydrogens is 244 g/mol. The molecule has 1 heterocycles. The molecule has 0 aliphatic rings. The molecule has 100 valence electrons. The molecule has 3 N–H and O–H groups in total. The summed E-state index contributed by atoms with van der Waals surface area (Å²) >= 11 is 0. The van der Waals surface area contributed by atoms with Crippen molar-refractivity contribution in [1.29, 1.82) is 0 Å². The predicted octanol–water partition coefficient (Wildman–Crippen LogP) is 2.28. The van der Waals surface area contributed by atoms with E-state index in [0.717, 1.165) is 11.5 Å². The molecule has 0 fully saturated rings. The van der Waals surface area contributed by atoms with E-state index in [1.807, 2.05) is 13.0 Å². The van der Waals surface area contributed by atoms with Crippen molar-refractivity contribution in [3.05, 3.63) is 30.0 Å². The molecule has 2 rings (SSSR count). The van der Waals surface area contributed by atoms with E-state index in [-0.39, 0.29) is 5.75 Å². The standard InChI is InChI=1S/C13H16N4O2/c1-8-6-12(14-2)17-13(15-8)16-9-4-5-11(19-3)10(18)7-9/h4-7,18H,1-3H3,(H2,14,15,16,17). The highest BCUT2D eigenvalue weighted by Crippen LogP contribution is 2.29. The first-order valence-corrected chi connectivity index (χ1v) is 5.80. The number of anilines is 3. The van der Waals surface area contributed by atoms with Crippen molar-refractivity contribution in [3.63, 3.8) is 0 Å². The molecule has 0 bridgehead atoms.